The lowest BCUT2D eigenvalue weighted by atomic mass is 10.2. The van der Waals surface area contributed by atoms with Crippen LogP contribution in [0.5, 0.6) is 0 Å². The van der Waals surface area contributed by atoms with Crippen LogP contribution in [0.3, 0.4) is 0 Å². The van der Waals surface area contributed by atoms with Crippen LogP contribution in [0.2, 0.25) is 0 Å². The van der Waals surface area contributed by atoms with E-state index in [0.29, 0.717) is 10.6 Å². The fraction of sp³-hybridized carbons (Fsp3) is 0.571. The number of hydrogen-bond acceptors (Lipinski definition) is 1. The second-order valence-corrected chi connectivity index (χ2v) is 2.40. The molecule has 0 atom stereocenters. The van der Waals surface area contributed by atoms with Crippen molar-refractivity contribution in [1.82, 2.24) is 0 Å². The highest BCUT2D eigenvalue weighted by Gasteiger charge is 2.00. The monoisotopic (exact) mass is 146 g/mol. The number of hydrogen-bond donors (Lipinski definition) is 0. The minimum absolute atomic E-state index is 0.0573. The van der Waals surface area contributed by atoms with Crippen molar-refractivity contribution in [3.8, 4) is 0 Å². The van der Waals surface area contributed by atoms with Gasteiger partial charge in [0.2, 0.25) is 0 Å². The largest absolute Gasteiger partial charge is 0.295 e. The van der Waals surface area contributed by atoms with Crippen LogP contribution in [-0.2, 0) is 4.79 Å². The van der Waals surface area contributed by atoms with Crippen molar-refractivity contribution in [3.63, 3.8) is 0 Å². The molecular formula is C7H11ClO. The Morgan fingerprint density at radius 2 is 1.89 bits per heavy atom. The molecule has 0 heterocycles. The van der Waals surface area contributed by atoms with Gasteiger partial charge in [0.05, 0.1) is 0 Å². The Balaban J connectivity index is 4.28. The molecular weight excluding hydrogens is 136 g/mol. The Hall–Kier alpha value is -0.300. The van der Waals surface area contributed by atoms with E-state index < -0.39 is 0 Å². The van der Waals surface area contributed by atoms with Crippen LogP contribution < -0.4 is 0 Å². The second-order valence-electron chi connectivity index (χ2n) is 1.94. The van der Waals surface area contributed by atoms with Gasteiger partial charge in [0.1, 0.15) is 0 Å². The second kappa shape index (κ2) is 3.67. The minimum Gasteiger partial charge on any atom is -0.295 e. The Labute approximate surface area is 60.7 Å². The molecule has 0 aromatic heterocycles. The maximum atomic E-state index is 10.6. The lowest BCUT2D eigenvalue weighted by Gasteiger charge is -1.96. The summed E-state index contributed by atoms with van der Waals surface area (Å²) < 4.78 is 0. The average Bonchev–Trinajstić information content (AvgIpc) is 1.84. The molecule has 0 bridgehead atoms. The Morgan fingerprint density at radius 3 is 2.00 bits per heavy atom. The predicted octanol–water partition coefficient (Wildman–Crippen LogP) is 2.50. The van der Waals surface area contributed by atoms with Gasteiger partial charge in [0.25, 0.3) is 0 Å². The van der Waals surface area contributed by atoms with Gasteiger partial charge in [-0.1, -0.05) is 18.5 Å². The van der Waals surface area contributed by atoms with E-state index in [0.717, 1.165) is 6.42 Å². The fourth-order valence-electron chi connectivity index (χ4n) is 0.456. The molecule has 9 heavy (non-hydrogen) atoms. The summed E-state index contributed by atoms with van der Waals surface area (Å²) in [5.41, 5.74) is 0.680. The number of ketones is 1. The summed E-state index contributed by atoms with van der Waals surface area (Å²) in [6, 6.07) is 0. The average molecular weight is 147 g/mol. The third-order valence-corrected chi connectivity index (χ3v) is 1.80. The van der Waals surface area contributed by atoms with Crippen molar-refractivity contribution in [1.29, 1.82) is 0 Å². The molecule has 2 heteroatoms. The van der Waals surface area contributed by atoms with E-state index in [4.69, 9.17) is 11.6 Å². The van der Waals surface area contributed by atoms with Crippen LogP contribution in [-0.4, -0.2) is 5.78 Å². The van der Waals surface area contributed by atoms with E-state index in [-0.39, 0.29) is 5.78 Å². The van der Waals surface area contributed by atoms with Gasteiger partial charge in [-0.15, -0.1) is 0 Å². The molecule has 1 nitrogen and oxygen atoms in total. The zero-order chi connectivity index (χ0) is 7.44. The normalized spacial score (nSPS) is 12.9. The minimum atomic E-state index is 0.0573. The van der Waals surface area contributed by atoms with E-state index >= 15 is 0 Å². The number of allylic oxidation sites excluding steroid dienone is 2. The molecule has 0 aliphatic rings. The quantitative estimate of drug-likeness (QED) is 0.547. The highest BCUT2D eigenvalue weighted by molar-refractivity contribution is 6.31. The molecule has 0 aromatic rings. The van der Waals surface area contributed by atoms with Crippen LogP contribution >= 0.6 is 11.6 Å². The van der Waals surface area contributed by atoms with Gasteiger partial charge >= 0.3 is 0 Å². The van der Waals surface area contributed by atoms with Crippen LogP contribution in [0.25, 0.3) is 0 Å². The number of carbonyl (C=O) groups excluding carboxylic acids is 1. The van der Waals surface area contributed by atoms with Crippen LogP contribution in [0.1, 0.15) is 27.2 Å². The molecule has 0 aliphatic heterocycles. The molecule has 0 saturated heterocycles. The van der Waals surface area contributed by atoms with Gasteiger partial charge in [-0.3, -0.25) is 4.79 Å². The summed E-state index contributed by atoms with van der Waals surface area (Å²) in [7, 11) is 0. The Kier molecular flexibility index (Phi) is 3.55. The molecule has 0 N–H and O–H groups in total. The first-order valence-electron chi connectivity index (χ1n) is 2.95. The Bertz CT molecular complexity index is 147. The van der Waals surface area contributed by atoms with Crippen molar-refractivity contribution in [2.45, 2.75) is 27.2 Å². The molecule has 0 fully saturated rings. The Morgan fingerprint density at radius 1 is 1.44 bits per heavy atom. The third-order valence-electron chi connectivity index (χ3n) is 1.25. The SMILES string of the molecule is CC/C(Cl)=C(/C)C(C)=O. The summed E-state index contributed by atoms with van der Waals surface area (Å²) in [6.45, 7) is 5.19. The summed E-state index contributed by atoms with van der Waals surface area (Å²) in [5, 5.41) is 0.669. The number of carbonyl (C=O) groups is 1. The zero-order valence-electron chi connectivity index (χ0n) is 5.99. The van der Waals surface area contributed by atoms with Crippen LogP contribution in [0, 0.1) is 0 Å². The third kappa shape index (κ3) is 2.66. The van der Waals surface area contributed by atoms with Crippen LogP contribution in [0.15, 0.2) is 10.6 Å². The maximum Gasteiger partial charge on any atom is 0.156 e. The van der Waals surface area contributed by atoms with Gasteiger partial charge in [-0.05, 0) is 20.3 Å². The number of rotatable bonds is 2. The van der Waals surface area contributed by atoms with Crippen molar-refractivity contribution >= 4 is 17.4 Å². The van der Waals surface area contributed by atoms with Gasteiger partial charge in [0.15, 0.2) is 5.78 Å². The van der Waals surface area contributed by atoms with Crippen molar-refractivity contribution in [2.24, 2.45) is 0 Å². The first-order chi connectivity index (χ1) is 4.09. The molecule has 0 spiro atoms. The van der Waals surface area contributed by atoms with E-state index in [1.54, 1.807) is 6.92 Å². The topological polar surface area (TPSA) is 17.1 Å². The molecule has 52 valence electrons. The first-order valence-corrected chi connectivity index (χ1v) is 3.33. The molecule has 0 rings (SSSR count). The van der Waals surface area contributed by atoms with Gasteiger partial charge < -0.3 is 0 Å². The molecule has 0 aromatic carbocycles. The van der Waals surface area contributed by atoms with E-state index in [9.17, 15) is 4.79 Å². The molecule has 0 aliphatic carbocycles. The first kappa shape index (κ1) is 8.70. The maximum absolute atomic E-state index is 10.6. The summed E-state index contributed by atoms with van der Waals surface area (Å²) in [5.74, 6) is 0.0573. The van der Waals surface area contributed by atoms with Gasteiger partial charge in [-0.25, -0.2) is 0 Å². The summed E-state index contributed by atoms with van der Waals surface area (Å²) in [6.07, 6.45) is 0.743. The number of halogens is 1. The highest BCUT2D eigenvalue weighted by atomic mass is 35.5. The molecule has 0 saturated carbocycles. The van der Waals surface area contributed by atoms with Crippen molar-refractivity contribution in [3.05, 3.63) is 10.6 Å². The molecule has 0 radical (unpaired) electrons. The van der Waals surface area contributed by atoms with Crippen molar-refractivity contribution in [2.75, 3.05) is 0 Å². The van der Waals surface area contributed by atoms with Gasteiger partial charge in [0, 0.05) is 10.6 Å². The summed E-state index contributed by atoms with van der Waals surface area (Å²) in [4.78, 5) is 10.6. The van der Waals surface area contributed by atoms with Crippen molar-refractivity contribution < 1.29 is 4.79 Å². The van der Waals surface area contributed by atoms with E-state index in [2.05, 4.69) is 0 Å². The summed E-state index contributed by atoms with van der Waals surface area (Å²) >= 11 is 5.67. The standard InChI is InChI=1S/C7H11ClO/c1-4-7(8)5(2)6(3)9/h4H2,1-3H3/b7-5+. The van der Waals surface area contributed by atoms with E-state index in [1.165, 1.54) is 6.92 Å². The fourth-order valence-corrected chi connectivity index (χ4v) is 0.589. The van der Waals surface area contributed by atoms with Crippen LogP contribution in [0.4, 0.5) is 0 Å². The van der Waals surface area contributed by atoms with E-state index in [1.807, 2.05) is 6.92 Å². The van der Waals surface area contributed by atoms with Gasteiger partial charge in [-0.2, -0.15) is 0 Å². The zero-order valence-corrected chi connectivity index (χ0v) is 6.75. The lowest BCUT2D eigenvalue weighted by molar-refractivity contribution is -0.113. The lowest BCUT2D eigenvalue weighted by Crippen LogP contribution is -1.93. The highest BCUT2D eigenvalue weighted by Crippen LogP contribution is 2.12. The molecule has 0 amide bonds. The number of Topliss-reactive ketones (excluding diaryl/α,β-unsaturated/α-hetero) is 1. The molecule has 0 unspecified atom stereocenters. The smallest absolute Gasteiger partial charge is 0.156 e. The predicted molar refractivity (Wildman–Crippen MR) is 39.5 cm³/mol.